The van der Waals surface area contributed by atoms with Crippen molar-refractivity contribution < 1.29 is 9.47 Å². The first-order chi connectivity index (χ1) is 11.3. The van der Waals surface area contributed by atoms with E-state index in [4.69, 9.17) is 9.47 Å². The van der Waals surface area contributed by atoms with Crippen molar-refractivity contribution in [1.82, 2.24) is 4.90 Å². The Balaban J connectivity index is 1.68. The number of benzene rings is 1. The molecule has 0 fully saturated rings. The number of hydrogen-bond donors (Lipinski definition) is 0. The molecule has 23 heavy (non-hydrogen) atoms. The molecule has 0 amide bonds. The summed E-state index contributed by atoms with van der Waals surface area (Å²) < 4.78 is 10.8. The van der Waals surface area contributed by atoms with Crippen molar-refractivity contribution >= 4 is 11.3 Å². The molecule has 1 aromatic heterocycles. The van der Waals surface area contributed by atoms with Crippen LogP contribution in [-0.4, -0.2) is 31.8 Å². The molecule has 3 rings (SSSR count). The highest BCUT2D eigenvalue weighted by Crippen LogP contribution is 2.36. The van der Waals surface area contributed by atoms with E-state index in [9.17, 15) is 0 Å². The van der Waals surface area contributed by atoms with Crippen molar-refractivity contribution in [2.24, 2.45) is 0 Å². The predicted molar refractivity (Wildman–Crippen MR) is 95.3 cm³/mol. The second kappa shape index (κ2) is 7.95. The van der Waals surface area contributed by atoms with Crippen molar-refractivity contribution in [1.29, 1.82) is 0 Å². The van der Waals surface area contributed by atoms with E-state index in [1.54, 1.807) is 12.0 Å². The lowest BCUT2D eigenvalue weighted by Gasteiger charge is -2.35. The Hall–Kier alpha value is -1.36. The highest BCUT2D eigenvalue weighted by Gasteiger charge is 2.26. The van der Waals surface area contributed by atoms with Crippen LogP contribution < -0.4 is 4.74 Å². The van der Waals surface area contributed by atoms with Crippen molar-refractivity contribution in [2.75, 3.05) is 26.9 Å². The van der Waals surface area contributed by atoms with Crippen LogP contribution in [-0.2, 0) is 17.7 Å². The summed E-state index contributed by atoms with van der Waals surface area (Å²) in [6.45, 7) is 5.62. The maximum absolute atomic E-state index is 5.73. The number of methoxy groups -OCH3 is 1. The molecule has 0 unspecified atom stereocenters. The molecule has 2 aromatic rings. The quantitative estimate of drug-likeness (QED) is 0.707. The molecule has 0 aliphatic carbocycles. The van der Waals surface area contributed by atoms with Crippen molar-refractivity contribution in [3.8, 4) is 5.75 Å². The molecule has 0 radical (unpaired) electrons. The van der Waals surface area contributed by atoms with Gasteiger partial charge in [0.2, 0.25) is 0 Å². The summed E-state index contributed by atoms with van der Waals surface area (Å²) in [7, 11) is 1.69. The van der Waals surface area contributed by atoms with E-state index in [-0.39, 0.29) is 0 Å². The Morgan fingerprint density at radius 3 is 3.00 bits per heavy atom. The normalized spacial score (nSPS) is 17.9. The van der Waals surface area contributed by atoms with Gasteiger partial charge in [0.15, 0.2) is 0 Å². The van der Waals surface area contributed by atoms with Crippen LogP contribution in [0.1, 0.15) is 35.4 Å². The first-order valence-corrected chi connectivity index (χ1v) is 9.20. The van der Waals surface area contributed by atoms with Gasteiger partial charge >= 0.3 is 0 Å². The lowest BCUT2D eigenvalue weighted by atomic mass is 9.97. The molecule has 1 atom stereocenters. The number of nitrogens with zero attached hydrogens (tertiary/aromatic N) is 1. The molecule has 3 nitrogen and oxygen atoms in total. The zero-order chi connectivity index (χ0) is 16.1. The zero-order valence-electron chi connectivity index (χ0n) is 14.0. The van der Waals surface area contributed by atoms with Crippen LogP contribution in [0.3, 0.4) is 0 Å². The minimum absolute atomic E-state index is 0.545. The molecular weight excluding hydrogens is 306 g/mol. The third kappa shape index (κ3) is 3.94. The Bertz CT molecular complexity index is 625. The van der Waals surface area contributed by atoms with E-state index in [2.05, 4.69) is 41.5 Å². The van der Waals surface area contributed by atoms with Gasteiger partial charge in [-0.15, -0.1) is 11.3 Å². The summed E-state index contributed by atoms with van der Waals surface area (Å²) in [5, 5.41) is 2.24. The van der Waals surface area contributed by atoms with Gasteiger partial charge < -0.3 is 9.47 Å². The topological polar surface area (TPSA) is 21.7 Å². The van der Waals surface area contributed by atoms with E-state index in [1.165, 1.54) is 17.5 Å². The monoisotopic (exact) mass is 331 g/mol. The van der Waals surface area contributed by atoms with Crippen molar-refractivity contribution in [3.63, 3.8) is 0 Å². The van der Waals surface area contributed by atoms with Gasteiger partial charge in [-0.25, -0.2) is 0 Å². The minimum atomic E-state index is 0.545. The fourth-order valence-corrected chi connectivity index (χ4v) is 4.25. The number of fused-ring (bicyclic) bond motifs is 1. The van der Waals surface area contributed by atoms with Crippen LogP contribution in [0.15, 0.2) is 35.7 Å². The largest absolute Gasteiger partial charge is 0.491 e. The molecule has 1 aliphatic heterocycles. The lowest BCUT2D eigenvalue weighted by molar-refractivity contribution is 0.146. The number of hydrogen-bond acceptors (Lipinski definition) is 4. The Morgan fingerprint density at radius 2 is 2.17 bits per heavy atom. The third-order valence-electron chi connectivity index (χ3n) is 4.43. The average Bonchev–Trinajstić information content (AvgIpc) is 3.04. The Morgan fingerprint density at radius 1 is 1.26 bits per heavy atom. The number of thiophene rings is 1. The molecule has 0 N–H and O–H groups in total. The summed E-state index contributed by atoms with van der Waals surface area (Å²) in [5.41, 5.74) is 2.85. The predicted octanol–water partition coefficient (Wildman–Crippen LogP) is 4.28. The average molecular weight is 331 g/mol. The first kappa shape index (κ1) is 16.5. The zero-order valence-corrected chi connectivity index (χ0v) is 14.8. The highest BCUT2D eigenvalue weighted by molar-refractivity contribution is 7.10. The maximum Gasteiger partial charge on any atom is 0.119 e. The van der Waals surface area contributed by atoms with E-state index in [1.807, 2.05) is 17.4 Å². The van der Waals surface area contributed by atoms with E-state index in [0.29, 0.717) is 19.3 Å². The van der Waals surface area contributed by atoms with E-state index in [0.717, 1.165) is 25.3 Å². The molecule has 0 saturated heterocycles. The van der Waals surface area contributed by atoms with Gasteiger partial charge in [-0.2, -0.15) is 0 Å². The summed E-state index contributed by atoms with van der Waals surface area (Å²) >= 11 is 1.91. The van der Waals surface area contributed by atoms with E-state index >= 15 is 0 Å². The summed E-state index contributed by atoms with van der Waals surface area (Å²) in [4.78, 5) is 4.17. The minimum Gasteiger partial charge on any atom is -0.491 e. The smallest absolute Gasteiger partial charge is 0.119 e. The molecule has 1 aromatic carbocycles. The first-order valence-electron chi connectivity index (χ1n) is 8.32. The van der Waals surface area contributed by atoms with E-state index < -0.39 is 0 Å². The van der Waals surface area contributed by atoms with Gasteiger partial charge in [0.05, 0.1) is 6.61 Å². The van der Waals surface area contributed by atoms with Crippen LogP contribution >= 0.6 is 11.3 Å². The standard InChI is InChI=1S/C19H25NO2S/c1-3-18-17-8-12-23-19(17)7-9-20(18)14-15-5-4-6-16(13-15)22-11-10-21-2/h4-6,8,12-13,18H,3,7,9-11,14H2,1-2H3/t18-/m0/s1. The molecule has 1 aliphatic rings. The summed E-state index contributed by atoms with van der Waals surface area (Å²) in [5.74, 6) is 0.931. The summed E-state index contributed by atoms with van der Waals surface area (Å²) in [6.07, 6.45) is 2.33. The lowest BCUT2D eigenvalue weighted by Crippen LogP contribution is -2.33. The van der Waals surface area contributed by atoms with Crippen LogP contribution in [0, 0.1) is 0 Å². The fraction of sp³-hybridized carbons (Fsp3) is 0.474. The van der Waals surface area contributed by atoms with Crippen LogP contribution in [0.2, 0.25) is 0 Å². The van der Waals surface area contributed by atoms with Crippen molar-refractivity contribution in [3.05, 3.63) is 51.7 Å². The maximum atomic E-state index is 5.73. The molecule has 4 heteroatoms. The molecule has 0 bridgehead atoms. The van der Waals surface area contributed by atoms with Crippen molar-refractivity contribution in [2.45, 2.75) is 32.4 Å². The van der Waals surface area contributed by atoms with Gasteiger partial charge in [-0.3, -0.25) is 4.90 Å². The molecular formula is C19H25NO2S. The van der Waals surface area contributed by atoms with Gasteiger partial charge in [-0.1, -0.05) is 19.1 Å². The second-order valence-corrected chi connectivity index (χ2v) is 6.93. The summed E-state index contributed by atoms with van der Waals surface area (Å²) in [6, 6.07) is 11.3. The Kier molecular flexibility index (Phi) is 5.70. The molecule has 0 spiro atoms. The molecule has 124 valence electrons. The van der Waals surface area contributed by atoms with Gasteiger partial charge in [0, 0.05) is 31.1 Å². The van der Waals surface area contributed by atoms with Gasteiger partial charge in [0.25, 0.3) is 0 Å². The third-order valence-corrected chi connectivity index (χ3v) is 5.43. The highest BCUT2D eigenvalue weighted by atomic mass is 32.1. The van der Waals surface area contributed by atoms with Crippen LogP contribution in [0.5, 0.6) is 5.75 Å². The van der Waals surface area contributed by atoms with Gasteiger partial charge in [-0.05, 0) is 47.5 Å². The second-order valence-electron chi connectivity index (χ2n) is 5.93. The Labute approximate surface area is 142 Å². The number of ether oxygens (including phenoxy) is 2. The van der Waals surface area contributed by atoms with Crippen LogP contribution in [0.4, 0.5) is 0 Å². The van der Waals surface area contributed by atoms with Gasteiger partial charge in [0.1, 0.15) is 12.4 Å². The molecule has 2 heterocycles. The molecule has 0 saturated carbocycles. The fourth-order valence-electron chi connectivity index (χ4n) is 3.33. The number of rotatable bonds is 7. The SMILES string of the molecule is CC[C@H]1c2ccsc2CCN1Cc1cccc(OCCOC)c1. The van der Waals surface area contributed by atoms with Crippen LogP contribution in [0.25, 0.3) is 0 Å².